The molecule has 1 aromatic carbocycles. The van der Waals surface area contributed by atoms with Gasteiger partial charge < -0.3 is 15.0 Å². The van der Waals surface area contributed by atoms with E-state index in [-0.39, 0.29) is 0 Å². The summed E-state index contributed by atoms with van der Waals surface area (Å²) in [4.78, 5) is 11.1. The Labute approximate surface area is 144 Å². The molecule has 0 radical (unpaired) electrons. The summed E-state index contributed by atoms with van der Waals surface area (Å²) >= 11 is 0. The Morgan fingerprint density at radius 3 is 2.71 bits per heavy atom. The van der Waals surface area contributed by atoms with Gasteiger partial charge in [0.15, 0.2) is 0 Å². The van der Waals surface area contributed by atoms with Gasteiger partial charge in [-0.1, -0.05) is 25.1 Å². The number of hydrogen-bond acceptors (Lipinski definition) is 5. The van der Waals surface area contributed by atoms with Gasteiger partial charge in [-0.3, -0.25) is 0 Å². The Morgan fingerprint density at radius 1 is 1.17 bits per heavy atom. The van der Waals surface area contributed by atoms with Crippen LogP contribution in [0.1, 0.15) is 25.5 Å². The van der Waals surface area contributed by atoms with E-state index in [1.165, 1.54) is 0 Å². The van der Waals surface area contributed by atoms with Gasteiger partial charge in [0.05, 0.1) is 0 Å². The summed E-state index contributed by atoms with van der Waals surface area (Å²) in [5, 5.41) is 3.60. The van der Waals surface area contributed by atoms with E-state index in [4.69, 9.17) is 4.74 Å². The Kier molecular flexibility index (Phi) is 6.01. The Morgan fingerprint density at radius 2 is 1.96 bits per heavy atom. The molecule has 5 heteroatoms. The molecule has 2 aromatic rings. The second-order valence-corrected chi connectivity index (χ2v) is 6.10. The van der Waals surface area contributed by atoms with Crippen molar-refractivity contribution in [1.82, 2.24) is 15.3 Å². The molecular formula is C19H26N4O. The van der Waals surface area contributed by atoms with Crippen LogP contribution in [0.2, 0.25) is 0 Å². The van der Waals surface area contributed by atoms with Gasteiger partial charge in [-0.05, 0) is 31.4 Å². The van der Waals surface area contributed by atoms with Crippen LogP contribution in [-0.4, -0.2) is 42.3 Å². The topological polar surface area (TPSA) is 50.3 Å². The van der Waals surface area contributed by atoms with Gasteiger partial charge in [-0.15, -0.1) is 0 Å². The number of ether oxygens (including phenoxy) is 1. The van der Waals surface area contributed by atoms with E-state index in [0.29, 0.717) is 12.6 Å². The lowest BCUT2D eigenvalue weighted by Gasteiger charge is -2.33. The smallest absolute Gasteiger partial charge is 0.132 e. The van der Waals surface area contributed by atoms with Crippen molar-refractivity contribution in [2.24, 2.45) is 0 Å². The third kappa shape index (κ3) is 4.68. The Balaban J connectivity index is 1.37. The summed E-state index contributed by atoms with van der Waals surface area (Å²) in [5.41, 5.74) is 1.11. The molecule has 5 nitrogen and oxygen atoms in total. The molecule has 1 saturated heterocycles. The number of aryl methyl sites for hydroxylation is 1. The molecule has 1 aliphatic heterocycles. The number of hydrogen-bond donors (Lipinski definition) is 1. The van der Waals surface area contributed by atoms with Crippen molar-refractivity contribution in [3.05, 3.63) is 48.4 Å². The first-order valence-corrected chi connectivity index (χ1v) is 8.82. The minimum absolute atomic E-state index is 0.563. The van der Waals surface area contributed by atoms with E-state index in [0.717, 1.165) is 56.2 Å². The highest BCUT2D eigenvalue weighted by Gasteiger charge is 2.19. The van der Waals surface area contributed by atoms with E-state index in [2.05, 4.69) is 33.2 Å². The van der Waals surface area contributed by atoms with E-state index in [1.807, 2.05) is 30.3 Å². The lowest BCUT2D eigenvalue weighted by Crippen LogP contribution is -2.43. The standard InChI is InChI=1S/C19H26N4O/c1-2-16-14-19(22-15-21-16)23-11-8-17(9-12-23)20-10-13-24-18-6-4-3-5-7-18/h3-7,14-15,17,20H,2,8-13H2,1H3. The van der Waals surface area contributed by atoms with Gasteiger partial charge in [-0.2, -0.15) is 0 Å². The third-order valence-corrected chi connectivity index (χ3v) is 4.44. The van der Waals surface area contributed by atoms with Gasteiger partial charge in [0, 0.05) is 37.4 Å². The molecule has 0 atom stereocenters. The zero-order chi connectivity index (χ0) is 16.6. The molecule has 0 bridgehead atoms. The van der Waals surface area contributed by atoms with E-state index in [1.54, 1.807) is 6.33 Å². The zero-order valence-electron chi connectivity index (χ0n) is 14.3. The van der Waals surface area contributed by atoms with Crippen LogP contribution in [0, 0.1) is 0 Å². The molecule has 0 aliphatic carbocycles. The molecule has 1 aromatic heterocycles. The van der Waals surface area contributed by atoms with Crippen LogP contribution in [0.4, 0.5) is 5.82 Å². The van der Waals surface area contributed by atoms with Crippen LogP contribution < -0.4 is 15.0 Å². The summed E-state index contributed by atoms with van der Waals surface area (Å²) in [7, 11) is 0. The van der Waals surface area contributed by atoms with Crippen LogP contribution in [0.5, 0.6) is 5.75 Å². The molecule has 0 spiro atoms. The van der Waals surface area contributed by atoms with E-state index >= 15 is 0 Å². The summed E-state index contributed by atoms with van der Waals surface area (Å²) < 4.78 is 5.72. The summed E-state index contributed by atoms with van der Waals surface area (Å²) in [5.74, 6) is 2.00. The number of piperidine rings is 1. The number of rotatable bonds is 7. The third-order valence-electron chi connectivity index (χ3n) is 4.44. The monoisotopic (exact) mass is 326 g/mol. The predicted molar refractivity (Wildman–Crippen MR) is 96.6 cm³/mol. The molecule has 24 heavy (non-hydrogen) atoms. The second kappa shape index (κ2) is 8.64. The minimum Gasteiger partial charge on any atom is -0.492 e. The van der Waals surface area contributed by atoms with Crippen LogP contribution in [0.15, 0.2) is 42.7 Å². The molecule has 2 heterocycles. The number of nitrogens with one attached hydrogen (secondary N) is 1. The molecule has 0 unspecified atom stereocenters. The van der Waals surface area contributed by atoms with Crippen molar-refractivity contribution in [1.29, 1.82) is 0 Å². The van der Waals surface area contributed by atoms with Gasteiger partial charge in [0.1, 0.15) is 24.5 Å². The first kappa shape index (κ1) is 16.7. The van der Waals surface area contributed by atoms with E-state index < -0.39 is 0 Å². The molecule has 0 saturated carbocycles. The normalized spacial score (nSPS) is 15.5. The van der Waals surface area contributed by atoms with E-state index in [9.17, 15) is 0 Å². The quantitative estimate of drug-likeness (QED) is 0.793. The second-order valence-electron chi connectivity index (χ2n) is 6.10. The number of aromatic nitrogens is 2. The fraction of sp³-hybridized carbons (Fsp3) is 0.474. The Bertz CT molecular complexity index is 612. The lowest BCUT2D eigenvalue weighted by molar-refractivity contribution is 0.296. The average Bonchev–Trinajstić information content (AvgIpc) is 2.66. The average molecular weight is 326 g/mol. The fourth-order valence-corrected chi connectivity index (χ4v) is 3.01. The zero-order valence-corrected chi connectivity index (χ0v) is 14.3. The molecule has 1 N–H and O–H groups in total. The SMILES string of the molecule is CCc1cc(N2CCC(NCCOc3ccccc3)CC2)ncn1. The van der Waals surface area contributed by atoms with Crippen LogP contribution in [0.3, 0.4) is 0 Å². The fourth-order valence-electron chi connectivity index (χ4n) is 3.01. The maximum absolute atomic E-state index is 5.72. The summed E-state index contributed by atoms with van der Waals surface area (Å²) in [6.45, 7) is 5.79. The highest BCUT2D eigenvalue weighted by atomic mass is 16.5. The van der Waals surface area contributed by atoms with Crippen molar-refractivity contribution in [3.8, 4) is 5.75 Å². The van der Waals surface area contributed by atoms with Gasteiger partial charge in [0.2, 0.25) is 0 Å². The van der Waals surface area contributed by atoms with Crippen LogP contribution in [0.25, 0.3) is 0 Å². The first-order chi connectivity index (χ1) is 11.8. The molecule has 3 rings (SSSR count). The number of benzene rings is 1. The van der Waals surface area contributed by atoms with Crippen LogP contribution in [-0.2, 0) is 6.42 Å². The van der Waals surface area contributed by atoms with Crippen molar-refractivity contribution in [3.63, 3.8) is 0 Å². The lowest BCUT2D eigenvalue weighted by atomic mass is 10.1. The molecule has 128 valence electrons. The van der Waals surface area contributed by atoms with Crippen molar-refractivity contribution >= 4 is 5.82 Å². The molecule has 1 aliphatic rings. The maximum atomic E-state index is 5.72. The van der Waals surface area contributed by atoms with Crippen molar-refractivity contribution in [2.45, 2.75) is 32.2 Å². The van der Waals surface area contributed by atoms with Gasteiger partial charge in [-0.25, -0.2) is 9.97 Å². The van der Waals surface area contributed by atoms with Crippen molar-refractivity contribution in [2.75, 3.05) is 31.1 Å². The summed E-state index contributed by atoms with van der Waals surface area (Å²) in [6.07, 6.45) is 4.90. The maximum Gasteiger partial charge on any atom is 0.132 e. The predicted octanol–water partition coefficient (Wildman–Crippen LogP) is 2.68. The molecular weight excluding hydrogens is 300 g/mol. The largest absolute Gasteiger partial charge is 0.492 e. The first-order valence-electron chi connectivity index (χ1n) is 8.82. The Hall–Kier alpha value is -2.14. The van der Waals surface area contributed by atoms with Gasteiger partial charge >= 0.3 is 0 Å². The molecule has 0 amide bonds. The number of para-hydroxylation sites is 1. The molecule has 1 fully saturated rings. The summed E-state index contributed by atoms with van der Waals surface area (Å²) in [6, 6.07) is 12.6. The highest BCUT2D eigenvalue weighted by Crippen LogP contribution is 2.18. The van der Waals surface area contributed by atoms with Crippen LogP contribution >= 0.6 is 0 Å². The highest BCUT2D eigenvalue weighted by molar-refractivity contribution is 5.39. The number of anilines is 1. The minimum atomic E-state index is 0.563. The number of nitrogens with zero attached hydrogens (tertiary/aromatic N) is 3. The van der Waals surface area contributed by atoms with Gasteiger partial charge in [0.25, 0.3) is 0 Å². The van der Waals surface area contributed by atoms with Crippen molar-refractivity contribution < 1.29 is 4.74 Å².